The van der Waals surface area contributed by atoms with Crippen LogP contribution in [0.3, 0.4) is 0 Å². The van der Waals surface area contributed by atoms with Crippen LogP contribution in [0, 0.1) is 0 Å². The molecule has 1 saturated heterocycles. The number of piperazine rings is 1. The molecule has 0 spiro atoms. The summed E-state index contributed by atoms with van der Waals surface area (Å²) in [6.07, 6.45) is 0.817. The summed E-state index contributed by atoms with van der Waals surface area (Å²) in [6, 6.07) is 7.45. The molecule has 0 aliphatic carbocycles. The second kappa shape index (κ2) is 7.25. The molecule has 3 rings (SSSR count). The third kappa shape index (κ3) is 3.57. The van der Waals surface area contributed by atoms with Crippen molar-refractivity contribution in [2.75, 3.05) is 45.3 Å². The number of hydrogen-bond donors (Lipinski definition) is 1. The van der Waals surface area contributed by atoms with Gasteiger partial charge in [0.15, 0.2) is 11.5 Å². The van der Waals surface area contributed by atoms with Gasteiger partial charge < -0.3 is 24.4 Å². The predicted molar refractivity (Wildman–Crippen MR) is 92.4 cm³/mol. The van der Waals surface area contributed by atoms with E-state index in [1.807, 2.05) is 29.2 Å². The highest BCUT2D eigenvalue weighted by Gasteiger charge is 2.22. The molecule has 1 amide bonds. The second-order valence-corrected chi connectivity index (χ2v) is 5.57. The summed E-state index contributed by atoms with van der Waals surface area (Å²) in [4.78, 5) is 23.3. The van der Waals surface area contributed by atoms with Crippen LogP contribution in [0.5, 0.6) is 11.5 Å². The number of benzene rings is 1. The normalized spacial score (nSPS) is 14.3. The van der Waals surface area contributed by atoms with Crippen molar-refractivity contribution >= 4 is 12.0 Å². The number of rotatable bonds is 4. The summed E-state index contributed by atoms with van der Waals surface area (Å²) in [5.74, 6) is 1.89. The van der Waals surface area contributed by atoms with E-state index in [1.165, 1.54) is 4.90 Å². The van der Waals surface area contributed by atoms with Crippen LogP contribution in [0.15, 0.2) is 30.5 Å². The van der Waals surface area contributed by atoms with Gasteiger partial charge in [-0.3, -0.25) is 0 Å². The lowest BCUT2D eigenvalue weighted by Gasteiger charge is -2.33. The zero-order valence-electron chi connectivity index (χ0n) is 14.2. The Morgan fingerprint density at radius 3 is 2.44 bits per heavy atom. The van der Waals surface area contributed by atoms with Crippen molar-refractivity contribution in [3.05, 3.63) is 30.5 Å². The Morgan fingerprint density at radius 1 is 1.08 bits per heavy atom. The van der Waals surface area contributed by atoms with Gasteiger partial charge in [-0.1, -0.05) is 0 Å². The maximum atomic E-state index is 11.0. The van der Waals surface area contributed by atoms with Gasteiger partial charge in [0, 0.05) is 37.9 Å². The van der Waals surface area contributed by atoms with E-state index < -0.39 is 6.09 Å². The molecule has 25 heavy (non-hydrogen) atoms. The minimum absolute atomic E-state index is 0.444. The van der Waals surface area contributed by atoms with Gasteiger partial charge in [0.1, 0.15) is 0 Å². The molecule has 0 bridgehead atoms. The van der Waals surface area contributed by atoms with Crippen LogP contribution >= 0.6 is 0 Å². The number of hydrogen-bond acceptors (Lipinski definition) is 6. The Kier molecular flexibility index (Phi) is 4.87. The third-order valence-electron chi connectivity index (χ3n) is 4.16. The molecule has 8 heteroatoms. The van der Waals surface area contributed by atoms with Crippen molar-refractivity contribution in [3.8, 4) is 22.8 Å². The molecule has 2 aromatic rings. The zero-order valence-corrected chi connectivity index (χ0v) is 14.2. The van der Waals surface area contributed by atoms with E-state index in [1.54, 1.807) is 20.4 Å². The van der Waals surface area contributed by atoms with E-state index in [0.717, 1.165) is 11.3 Å². The first-order chi connectivity index (χ1) is 12.1. The first-order valence-electron chi connectivity index (χ1n) is 7.90. The summed E-state index contributed by atoms with van der Waals surface area (Å²) in [5.41, 5.74) is 1.66. The van der Waals surface area contributed by atoms with Gasteiger partial charge in [-0.25, -0.2) is 14.8 Å². The summed E-state index contributed by atoms with van der Waals surface area (Å²) in [7, 11) is 3.19. The van der Waals surface area contributed by atoms with Crippen LogP contribution in [0.4, 0.5) is 10.7 Å². The third-order valence-corrected chi connectivity index (χ3v) is 4.16. The van der Waals surface area contributed by atoms with Crippen molar-refractivity contribution in [1.82, 2.24) is 14.9 Å². The topological polar surface area (TPSA) is 88.0 Å². The molecule has 1 aliphatic heterocycles. The first kappa shape index (κ1) is 16.8. The fourth-order valence-corrected chi connectivity index (χ4v) is 2.75. The molecule has 1 aromatic carbocycles. The standard InChI is InChI=1S/C17H20N4O4/c1-24-14-4-3-12(11-15(14)25-2)13-5-6-18-16(19-13)20-7-9-21(10-8-20)17(22)23/h3-6,11H,7-10H2,1-2H3,(H,22,23). The first-order valence-corrected chi connectivity index (χ1v) is 7.90. The number of nitrogens with zero attached hydrogens (tertiary/aromatic N) is 4. The van der Waals surface area contributed by atoms with E-state index >= 15 is 0 Å². The average Bonchev–Trinajstić information content (AvgIpc) is 2.67. The number of carbonyl (C=O) groups is 1. The molecular formula is C17H20N4O4. The van der Waals surface area contributed by atoms with Crippen molar-refractivity contribution in [1.29, 1.82) is 0 Å². The average molecular weight is 344 g/mol. The number of amides is 1. The summed E-state index contributed by atoms with van der Waals surface area (Å²) in [6.45, 7) is 2.03. The van der Waals surface area contributed by atoms with E-state index in [-0.39, 0.29) is 0 Å². The number of aromatic nitrogens is 2. The van der Waals surface area contributed by atoms with Gasteiger partial charge in [0.2, 0.25) is 5.95 Å². The van der Waals surface area contributed by atoms with Crippen LogP contribution in [0.2, 0.25) is 0 Å². The van der Waals surface area contributed by atoms with Crippen LogP contribution in [0.25, 0.3) is 11.3 Å². The van der Waals surface area contributed by atoms with Crippen LogP contribution in [-0.4, -0.2) is 66.5 Å². The Morgan fingerprint density at radius 2 is 1.80 bits per heavy atom. The van der Waals surface area contributed by atoms with E-state index in [2.05, 4.69) is 9.97 Å². The lowest BCUT2D eigenvalue weighted by Crippen LogP contribution is -2.48. The number of methoxy groups -OCH3 is 2. The molecule has 0 atom stereocenters. The van der Waals surface area contributed by atoms with Crippen molar-refractivity contribution < 1.29 is 19.4 Å². The predicted octanol–water partition coefficient (Wildman–Crippen LogP) is 1.96. The summed E-state index contributed by atoms with van der Waals surface area (Å²) in [5, 5.41) is 9.03. The van der Waals surface area contributed by atoms with Gasteiger partial charge >= 0.3 is 6.09 Å². The Bertz CT molecular complexity index is 760. The van der Waals surface area contributed by atoms with Crippen LogP contribution < -0.4 is 14.4 Å². The highest BCUT2D eigenvalue weighted by atomic mass is 16.5. The molecule has 8 nitrogen and oxygen atoms in total. The molecule has 132 valence electrons. The maximum absolute atomic E-state index is 11.0. The highest BCUT2D eigenvalue weighted by molar-refractivity contribution is 5.66. The minimum Gasteiger partial charge on any atom is -0.493 e. The molecule has 1 fully saturated rings. The Labute approximate surface area is 145 Å². The molecule has 1 aliphatic rings. The fraction of sp³-hybridized carbons (Fsp3) is 0.353. The van der Waals surface area contributed by atoms with E-state index in [9.17, 15) is 4.79 Å². The van der Waals surface area contributed by atoms with Gasteiger partial charge in [0.05, 0.1) is 19.9 Å². The lowest BCUT2D eigenvalue weighted by molar-refractivity contribution is 0.142. The second-order valence-electron chi connectivity index (χ2n) is 5.57. The maximum Gasteiger partial charge on any atom is 0.407 e. The Hall–Kier alpha value is -3.03. The van der Waals surface area contributed by atoms with Gasteiger partial charge in [-0.15, -0.1) is 0 Å². The van der Waals surface area contributed by atoms with E-state index in [4.69, 9.17) is 14.6 Å². The van der Waals surface area contributed by atoms with Crippen molar-refractivity contribution in [3.63, 3.8) is 0 Å². The monoisotopic (exact) mass is 344 g/mol. The molecule has 2 heterocycles. The number of carboxylic acid groups (broad SMARTS) is 1. The van der Waals surface area contributed by atoms with Crippen molar-refractivity contribution in [2.45, 2.75) is 0 Å². The minimum atomic E-state index is -0.889. The smallest absolute Gasteiger partial charge is 0.407 e. The molecule has 0 saturated carbocycles. The lowest BCUT2D eigenvalue weighted by atomic mass is 10.1. The van der Waals surface area contributed by atoms with E-state index in [0.29, 0.717) is 43.6 Å². The zero-order chi connectivity index (χ0) is 17.8. The molecule has 0 radical (unpaired) electrons. The Balaban J connectivity index is 1.81. The van der Waals surface area contributed by atoms with Crippen molar-refractivity contribution in [2.24, 2.45) is 0 Å². The quantitative estimate of drug-likeness (QED) is 0.907. The molecule has 1 N–H and O–H groups in total. The van der Waals surface area contributed by atoms with Crippen LogP contribution in [-0.2, 0) is 0 Å². The SMILES string of the molecule is COc1ccc(-c2ccnc(N3CCN(C(=O)O)CC3)n2)cc1OC. The summed E-state index contributed by atoms with van der Waals surface area (Å²) >= 11 is 0. The fourth-order valence-electron chi connectivity index (χ4n) is 2.75. The molecule has 0 unspecified atom stereocenters. The largest absolute Gasteiger partial charge is 0.493 e. The van der Waals surface area contributed by atoms with Crippen LogP contribution in [0.1, 0.15) is 0 Å². The highest BCUT2D eigenvalue weighted by Crippen LogP contribution is 2.31. The molecule has 1 aromatic heterocycles. The van der Waals surface area contributed by atoms with Gasteiger partial charge in [0.25, 0.3) is 0 Å². The number of anilines is 1. The number of ether oxygens (including phenoxy) is 2. The molecular weight excluding hydrogens is 324 g/mol. The summed E-state index contributed by atoms with van der Waals surface area (Å²) < 4.78 is 10.6. The van der Waals surface area contributed by atoms with Gasteiger partial charge in [-0.05, 0) is 24.3 Å². The van der Waals surface area contributed by atoms with Gasteiger partial charge in [-0.2, -0.15) is 0 Å².